The van der Waals surface area contributed by atoms with E-state index in [-0.39, 0.29) is 0 Å². The summed E-state index contributed by atoms with van der Waals surface area (Å²) in [7, 11) is 1.66. The molecule has 0 aromatic heterocycles. The second-order valence-corrected chi connectivity index (χ2v) is 5.39. The van der Waals surface area contributed by atoms with E-state index in [1.807, 2.05) is 24.3 Å². The van der Waals surface area contributed by atoms with Crippen LogP contribution < -0.4 is 14.8 Å². The van der Waals surface area contributed by atoms with Crippen LogP contribution in [-0.4, -0.2) is 13.2 Å². The molecule has 0 unspecified atom stereocenters. The predicted molar refractivity (Wildman–Crippen MR) is 83.6 cm³/mol. The molecule has 3 heteroatoms. The highest BCUT2D eigenvalue weighted by atomic mass is 16.5. The summed E-state index contributed by atoms with van der Waals surface area (Å²) in [5.74, 6) is 1.65. The number of hydrogen-bond acceptors (Lipinski definition) is 3. The van der Waals surface area contributed by atoms with E-state index in [4.69, 9.17) is 9.47 Å². The summed E-state index contributed by atoms with van der Waals surface area (Å²) in [5, 5.41) is 3.55. The molecule has 0 atom stereocenters. The minimum absolute atomic E-state index is 0.579. The number of rotatable bonds is 7. The molecule has 2 aromatic rings. The summed E-state index contributed by atoms with van der Waals surface area (Å²) in [6.45, 7) is 1.50. The Hall–Kier alpha value is -2.00. The Labute approximate surface area is 125 Å². The normalized spacial score (nSPS) is 14.0. The quantitative estimate of drug-likeness (QED) is 0.843. The molecule has 3 rings (SSSR count). The van der Waals surface area contributed by atoms with Gasteiger partial charge >= 0.3 is 0 Å². The number of nitrogens with one attached hydrogen (secondary N) is 1. The second-order valence-electron chi connectivity index (χ2n) is 5.39. The van der Waals surface area contributed by atoms with Gasteiger partial charge in [0.2, 0.25) is 0 Å². The maximum Gasteiger partial charge on any atom is 0.123 e. The van der Waals surface area contributed by atoms with Crippen LogP contribution in [0.2, 0.25) is 0 Å². The van der Waals surface area contributed by atoms with Gasteiger partial charge in [0.15, 0.2) is 0 Å². The molecule has 2 aromatic carbocycles. The van der Waals surface area contributed by atoms with Gasteiger partial charge in [-0.05, 0) is 36.1 Å². The molecule has 0 amide bonds. The zero-order valence-corrected chi connectivity index (χ0v) is 12.3. The van der Waals surface area contributed by atoms with Crippen LogP contribution in [0.3, 0.4) is 0 Å². The van der Waals surface area contributed by atoms with Gasteiger partial charge in [-0.15, -0.1) is 0 Å². The molecule has 21 heavy (non-hydrogen) atoms. The molecule has 0 saturated heterocycles. The van der Waals surface area contributed by atoms with Crippen LogP contribution in [0.25, 0.3) is 0 Å². The SMILES string of the molecule is COc1cccc(OCc2ccccc2CNC2CC2)c1. The van der Waals surface area contributed by atoms with Crippen molar-refractivity contribution in [1.29, 1.82) is 0 Å². The third kappa shape index (κ3) is 3.99. The first-order valence-electron chi connectivity index (χ1n) is 7.42. The van der Waals surface area contributed by atoms with Gasteiger partial charge in [-0.2, -0.15) is 0 Å². The van der Waals surface area contributed by atoms with E-state index < -0.39 is 0 Å². The molecule has 3 nitrogen and oxygen atoms in total. The summed E-state index contributed by atoms with van der Waals surface area (Å²) in [6, 6.07) is 16.9. The second kappa shape index (κ2) is 6.64. The lowest BCUT2D eigenvalue weighted by Crippen LogP contribution is -2.16. The summed E-state index contributed by atoms with van der Waals surface area (Å²) < 4.78 is 11.1. The maximum atomic E-state index is 5.89. The molecule has 1 aliphatic carbocycles. The minimum atomic E-state index is 0.579. The van der Waals surface area contributed by atoms with Crippen LogP contribution in [0.5, 0.6) is 11.5 Å². The monoisotopic (exact) mass is 283 g/mol. The van der Waals surface area contributed by atoms with Crippen molar-refractivity contribution < 1.29 is 9.47 Å². The van der Waals surface area contributed by atoms with Gasteiger partial charge in [0.05, 0.1) is 7.11 Å². The van der Waals surface area contributed by atoms with Gasteiger partial charge in [-0.1, -0.05) is 30.3 Å². The van der Waals surface area contributed by atoms with Crippen molar-refractivity contribution in [3.63, 3.8) is 0 Å². The van der Waals surface area contributed by atoms with Crippen LogP contribution >= 0.6 is 0 Å². The number of hydrogen-bond donors (Lipinski definition) is 1. The van der Waals surface area contributed by atoms with Crippen molar-refractivity contribution in [3.05, 3.63) is 59.7 Å². The largest absolute Gasteiger partial charge is 0.497 e. The fourth-order valence-electron chi connectivity index (χ4n) is 2.26. The average molecular weight is 283 g/mol. The van der Waals surface area contributed by atoms with Crippen molar-refractivity contribution in [1.82, 2.24) is 5.32 Å². The van der Waals surface area contributed by atoms with E-state index in [1.54, 1.807) is 7.11 Å². The Morgan fingerprint density at radius 1 is 1.00 bits per heavy atom. The van der Waals surface area contributed by atoms with Crippen molar-refractivity contribution in [2.75, 3.05) is 7.11 Å². The Morgan fingerprint density at radius 2 is 1.76 bits per heavy atom. The van der Waals surface area contributed by atoms with Crippen molar-refractivity contribution in [3.8, 4) is 11.5 Å². The van der Waals surface area contributed by atoms with E-state index in [0.29, 0.717) is 6.61 Å². The number of methoxy groups -OCH3 is 1. The van der Waals surface area contributed by atoms with Gasteiger partial charge in [0.1, 0.15) is 18.1 Å². The van der Waals surface area contributed by atoms with Crippen LogP contribution in [0.4, 0.5) is 0 Å². The molecule has 0 heterocycles. The fourth-order valence-corrected chi connectivity index (χ4v) is 2.26. The van der Waals surface area contributed by atoms with Crippen molar-refractivity contribution in [2.45, 2.75) is 32.0 Å². The molecule has 0 aliphatic heterocycles. The highest BCUT2D eigenvalue weighted by molar-refractivity contribution is 5.33. The molecule has 0 spiro atoms. The summed E-state index contributed by atoms with van der Waals surface area (Å²) >= 11 is 0. The Balaban J connectivity index is 1.63. The maximum absolute atomic E-state index is 5.89. The van der Waals surface area contributed by atoms with Gasteiger partial charge < -0.3 is 14.8 Å². The van der Waals surface area contributed by atoms with E-state index >= 15 is 0 Å². The highest BCUT2D eigenvalue weighted by Crippen LogP contribution is 2.22. The third-order valence-electron chi connectivity index (χ3n) is 3.71. The molecule has 110 valence electrons. The predicted octanol–water partition coefficient (Wildman–Crippen LogP) is 3.53. The van der Waals surface area contributed by atoms with Gasteiger partial charge in [-0.3, -0.25) is 0 Å². The van der Waals surface area contributed by atoms with Gasteiger partial charge in [0.25, 0.3) is 0 Å². The van der Waals surface area contributed by atoms with Crippen LogP contribution in [-0.2, 0) is 13.2 Å². The molecule has 0 radical (unpaired) electrons. The van der Waals surface area contributed by atoms with E-state index in [2.05, 4.69) is 29.6 Å². The summed E-state index contributed by atoms with van der Waals surface area (Å²) in [4.78, 5) is 0. The zero-order chi connectivity index (χ0) is 14.5. The number of ether oxygens (including phenoxy) is 2. The number of benzene rings is 2. The van der Waals surface area contributed by atoms with Crippen LogP contribution in [0.15, 0.2) is 48.5 Å². The topological polar surface area (TPSA) is 30.5 Å². The lowest BCUT2D eigenvalue weighted by Gasteiger charge is -2.12. The Bertz CT molecular complexity index is 593. The van der Waals surface area contributed by atoms with Gasteiger partial charge in [0, 0.05) is 18.7 Å². The van der Waals surface area contributed by atoms with Gasteiger partial charge in [-0.25, -0.2) is 0 Å². The summed E-state index contributed by atoms with van der Waals surface area (Å²) in [6.07, 6.45) is 2.62. The molecule has 0 bridgehead atoms. The highest BCUT2D eigenvalue weighted by Gasteiger charge is 2.20. The lowest BCUT2D eigenvalue weighted by molar-refractivity contribution is 0.302. The Morgan fingerprint density at radius 3 is 2.52 bits per heavy atom. The first-order valence-corrected chi connectivity index (χ1v) is 7.42. The van der Waals surface area contributed by atoms with Crippen LogP contribution in [0.1, 0.15) is 24.0 Å². The smallest absolute Gasteiger partial charge is 0.123 e. The molecule has 1 aliphatic rings. The molecule has 1 N–H and O–H groups in total. The molecule has 1 saturated carbocycles. The Kier molecular flexibility index (Phi) is 4.41. The average Bonchev–Trinajstić information content (AvgIpc) is 3.36. The fraction of sp³-hybridized carbons (Fsp3) is 0.333. The lowest BCUT2D eigenvalue weighted by atomic mass is 10.1. The van der Waals surface area contributed by atoms with Crippen LogP contribution in [0, 0.1) is 0 Å². The third-order valence-corrected chi connectivity index (χ3v) is 3.71. The molecule has 1 fully saturated rings. The van der Waals surface area contributed by atoms with E-state index in [1.165, 1.54) is 24.0 Å². The minimum Gasteiger partial charge on any atom is -0.497 e. The molecular weight excluding hydrogens is 262 g/mol. The van der Waals surface area contributed by atoms with E-state index in [9.17, 15) is 0 Å². The van der Waals surface area contributed by atoms with Crippen molar-refractivity contribution >= 4 is 0 Å². The first kappa shape index (κ1) is 14.0. The van der Waals surface area contributed by atoms with E-state index in [0.717, 1.165) is 24.1 Å². The van der Waals surface area contributed by atoms with Crippen molar-refractivity contribution in [2.24, 2.45) is 0 Å². The summed E-state index contributed by atoms with van der Waals surface area (Å²) in [5.41, 5.74) is 2.54. The zero-order valence-electron chi connectivity index (χ0n) is 12.3. The standard InChI is InChI=1S/C18H21NO2/c1-20-17-7-4-8-18(11-17)21-13-15-6-3-2-5-14(15)12-19-16-9-10-16/h2-8,11,16,19H,9-10,12-13H2,1H3. The first-order chi connectivity index (χ1) is 10.3. The molecular formula is C18H21NO2.